The van der Waals surface area contributed by atoms with Crippen LogP contribution in [0.5, 0.6) is 0 Å². The summed E-state index contributed by atoms with van der Waals surface area (Å²) in [5.41, 5.74) is 0. The van der Waals surface area contributed by atoms with E-state index in [1.54, 1.807) is 6.26 Å². The molecule has 3 aliphatic rings. The second-order valence-corrected chi connectivity index (χ2v) is 7.90. The van der Waals surface area contributed by atoms with Crippen molar-refractivity contribution in [1.82, 2.24) is 5.32 Å². The van der Waals surface area contributed by atoms with Crippen molar-refractivity contribution >= 4 is 10.8 Å². The predicted molar refractivity (Wildman–Crippen MR) is 72.4 cm³/mol. The summed E-state index contributed by atoms with van der Waals surface area (Å²) in [6.07, 6.45) is 10.3. The fourth-order valence-corrected chi connectivity index (χ4v) is 5.42. The lowest BCUT2D eigenvalue weighted by molar-refractivity contribution is 0.209. The molecule has 6 atom stereocenters. The van der Waals surface area contributed by atoms with Crippen LogP contribution in [0.15, 0.2) is 0 Å². The van der Waals surface area contributed by atoms with Crippen LogP contribution in [-0.4, -0.2) is 28.8 Å². The Hall–Kier alpha value is 0.110. The summed E-state index contributed by atoms with van der Waals surface area (Å²) >= 11 is 0. The first-order chi connectivity index (χ1) is 8.25. The van der Waals surface area contributed by atoms with Gasteiger partial charge in [0, 0.05) is 28.9 Å². The largest absolute Gasteiger partial charge is 0.314 e. The minimum Gasteiger partial charge on any atom is -0.314 e. The van der Waals surface area contributed by atoms with E-state index in [-0.39, 0.29) is 0 Å². The number of fused-ring (bicyclic) bond motifs is 5. The van der Waals surface area contributed by atoms with Crippen molar-refractivity contribution in [3.63, 3.8) is 0 Å². The molecule has 3 fully saturated rings. The van der Waals surface area contributed by atoms with Gasteiger partial charge in [-0.25, -0.2) is 0 Å². The van der Waals surface area contributed by atoms with Gasteiger partial charge in [-0.3, -0.25) is 4.21 Å². The monoisotopic (exact) mass is 255 g/mol. The summed E-state index contributed by atoms with van der Waals surface area (Å²) in [6.45, 7) is 1.07. The second-order valence-electron chi connectivity index (χ2n) is 6.35. The maximum atomic E-state index is 11.0. The molecule has 3 aliphatic carbocycles. The van der Waals surface area contributed by atoms with Gasteiger partial charge in [0.05, 0.1) is 0 Å². The van der Waals surface area contributed by atoms with Crippen LogP contribution in [0.25, 0.3) is 0 Å². The Morgan fingerprint density at radius 3 is 2.82 bits per heavy atom. The first kappa shape index (κ1) is 12.2. The van der Waals surface area contributed by atoms with E-state index in [1.807, 2.05) is 0 Å². The molecule has 1 N–H and O–H groups in total. The van der Waals surface area contributed by atoms with E-state index >= 15 is 0 Å². The number of rotatable bonds is 5. The van der Waals surface area contributed by atoms with Crippen LogP contribution in [-0.2, 0) is 10.8 Å². The number of nitrogens with one attached hydrogen (secondary N) is 1. The van der Waals surface area contributed by atoms with E-state index in [0.29, 0.717) is 0 Å². The lowest BCUT2D eigenvalue weighted by Gasteiger charge is -2.32. The SMILES string of the molecule is C[S@](=O)CCCN[C@@H]1C[C@@H]2C[C@@H]1[C@H]1CCC[C@H]21. The van der Waals surface area contributed by atoms with Gasteiger partial charge in [0.25, 0.3) is 0 Å². The standard InChI is InChI=1S/C14H25NOS/c1-17(16)7-3-6-15-14-9-10-8-13(14)12-5-2-4-11(10)12/h10-15H,2-9H2,1H3/t10-,11+,12-,13+,14+,17-/m0/s1. The Morgan fingerprint density at radius 1 is 1.18 bits per heavy atom. The average Bonchev–Trinajstić information content (AvgIpc) is 2.95. The fraction of sp³-hybridized carbons (Fsp3) is 1.00. The first-order valence-electron chi connectivity index (χ1n) is 7.29. The molecule has 0 aromatic carbocycles. The van der Waals surface area contributed by atoms with Crippen molar-refractivity contribution < 1.29 is 4.21 Å². The summed E-state index contributed by atoms with van der Waals surface area (Å²) in [6, 6.07) is 0.796. The Morgan fingerprint density at radius 2 is 2.00 bits per heavy atom. The van der Waals surface area contributed by atoms with Crippen LogP contribution in [0.2, 0.25) is 0 Å². The molecule has 0 radical (unpaired) electrons. The van der Waals surface area contributed by atoms with Crippen LogP contribution in [0, 0.1) is 23.7 Å². The van der Waals surface area contributed by atoms with Gasteiger partial charge in [-0.1, -0.05) is 6.42 Å². The molecular weight excluding hydrogens is 230 g/mol. The third kappa shape index (κ3) is 2.33. The van der Waals surface area contributed by atoms with Crippen molar-refractivity contribution in [3.05, 3.63) is 0 Å². The molecule has 0 unspecified atom stereocenters. The smallest absolute Gasteiger partial charge is 0.0244 e. The zero-order valence-corrected chi connectivity index (χ0v) is 11.7. The van der Waals surface area contributed by atoms with Gasteiger partial charge in [0.2, 0.25) is 0 Å². The van der Waals surface area contributed by atoms with E-state index < -0.39 is 10.8 Å². The predicted octanol–water partition coefficient (Wildman–Crippen LogP) is 2.17. The molecule has 0 amide bonds. The van der Waals surface area contributed by atoms with Crippen molar-refractivity contribution in [2.75, 3.05) is 18.6 Å². The third-order valence-electron chi connectivity index (χ3n) is 5.44. The first-order valence-corrected chi connectivity index (χ1v) is 9.02. The highest BCUT2D eigenvalue weighted by atomic mass is 32.2. The topological polar surface area (TPSA) is 29.1 Å². The maximum Gasteiger partial charge on any atom is 0.0244 e. The minimum absolute atomic E-state index is 0.615. The van der Waals surface area contributed by atoms with E-state index in [1.165, 1.54) is 32.1 Å². The molecule has 0 aromatic rings. The van der Waals surface area contributed by atoms with Crippen LogP contribution >= 0.6 is 0 Å². The molecular formula is C14H25NOS. The molecule has 3 saturated carbocycles. The number of hydrogen-bond donors (Lipinski definition) is 1. The summed E-state index contributed by atoms with van der Waals surface area (Å²) in [5, 5.41) is 3.75. The highest BCUT2D eigenvalue weighted by molar-refractivity contribution is 7.84. The lowest BCUT2D eigenvalue weighted by Crippen LogP contribution is -2.39. The lowest BCUT2D eigenvalue weighted by atomic mass is 9.79. The van der Waals surface area contributed by atoms with Crippen molar-refractivity contribution in [1.29, 1.82) is 0 Å². The average molecular weight is 255 g/mol. The Kier molecular flexibility index (Phi) is 3.58. The molecule has 98 valence electrons. The second kappa shape index (κ2) is 5.00. The third-order valence-corrected chi connectivity index (χ3v) is 6.31. The summed E-state index contributed by atoms with van der Waals surface area (Å²) in [5.74, 6) is 5.05. The van der Waals surface area contributed by atoms with Crippen LogP contribution < -0.4 is 5.32 Å². The molecule has 0 aliphatic heterocycles. The van der Waals surface area contributed by atoms with Gasteiger partial charge in [-0.05, 0) is 62.3 Å². The maximum absolute atomic E-state index is 11.0. The van der Waals surface area contributed by atoms with Crippen molar-refractivity contribution in [2.24, 2.45) is 23.7 Å². The molecule has 0 aromatic heterocycles. The molecule has 0 saturated heterocycles. The van der Waals surface area contributed by atoms with Gasteiger partial charge in [0.15, 0.2) is 0 Å². The zero-order valence-electron chi connectivity index (χ0n) is 10.9. The van der Waals surface area contributed by atoms with Gasteiger partial charge in [0.1, 0.15) is 0 Å². The number of hydrogen-bond acceptors (Lipinski definition) is 2. The molecule has 3 heteroatoms. The minimum atomic E-state index is -0.615. The Labute approximate surface area is 107 Å². The normalized spacial score (nSPS) is 45.1. The zero-order chi connectivity index (χ0) is 11.8. The Bertz CT molecular complexity index is 307. The molecule has 17 heavy (non-hydrogen) atoms. The van der Waals surface area contributed by atoms with Crippen molar-refractivity contribution in [2.45, 2.75) is 44.6 Å². The van der Waals surface area contributed by atoms with Crippen LogP contribution in [0.4, 0.5) is 0 Å². The quantitative estimate of drug-likeness (QED) is 0.763. The Balaban J connectivity index is 1.46. The van der Waals surface area contributed by atoms with Crippen LogP contribution in [0.3, 0.4) is 0 Å². The van der Waals surface area contributed by atoms with Gasteiger partial charge in [-0.15, -0.1) is 0 Å². The van der Waals surface area contributed by atoms with Crippen molar-refractivity contribution in [3.8, 4) is 0 Å². The molecule has 3 rings (SSSR count). The highest BCUT2D eigenvalue weighted by Crippen LogP contribution is 2.58. The van der Waals surface area contributed by atoms with Gasteiger partial charge in [-0.2, -0.15) is 0 Å². The van der Waals surface area contributed by atoms with E-state index in [0.717, 1.165) is 48.4 Å². The highest BCUT2D eigenvalue weighted by Gasteiger charge is 2.53. The molecule has 0 heterocycles. The van der Waals surface area contributed by atoms with Gasteiger partial charge >= 0.3 is 0 Å². The van der Waals surface area contributed by atoms with E-state index in [2.05, 4.69) is 5.32 Å². The summed E-state index contributed by atoms with van der Waals surface area (Å²) in [4.78, 5) is 0. The molecule has 2 nitrogen and oxygen atoms in total. The van der Waals surface area contributed by atoms with Gasteiger partial charge < -0.3 is 5.32 Å². The van der Waals surface area contributed by atoms with E-state index in [9.17, 15) is 4.21 Å². The van der Waals surface area contributed by atoms with Crippen LogP contribution in [0.1, 0.15) is 38.5 Å². The summed E-state index contributed by atoms with van der Waals surface area (Å²) < 4.78 is 11.0. The summed E-state index contributed by atoms with van der Waals surface area (Å²) in [7, 11) is -0.615. The molecule has 0 spiro atoms. The molecule has 2 bridgehead atoms. The fourth-order valence-electron chi connectivity index (χ4n) is 4.87. The van der Waals surface area contributed by atoms with E-state index in [4.69, 9.17) is 0 Å².